The van der Waals surface area contributed by atoms with Crippen LogP contribution in [-0.4, -0.2) is 30.8 Å². The number of aliphatic hydroxyl groups is 1. The molecule has 0 heterocycles. The van der Waals surface area contributed by atoms with E-state index >= 15 is 0 Å². The molecule has 2 aromatic carbocycles. The molecule has 4 nitrogen and oxygen atoms in total. The van der Waals surface area contributed by atoms with E-state index in [4.69, 9.17) is 9.84 Å². The number of ether oxygens (including phenoxy) is 1. The van der Waals surface area contributed by atoms with Crippen molar-refractivity contribution in [1.82, 2.24) is 5.32 Å². The molecule has 1 atom stereocenters. The Morgan fingerprint density at radius 2 is 1.83 bits per heavy atom. The summed E-state index contributed by atoms with van der Waals surface area (Å²) in [7, 11) is 0. The summed E-state index contributed by atoms with van der Waals surface area (Å²) in [5.41, 5.74) is 3.32. The maximum atomic E-state index is 12.1. The minimum absolute atomic E-state index is 0.00330. The van der Waals surface area contributed by atoms with Gasteiger partial charge in [0.1, 0.15) is 0 Å². The Morgan fingerprint density at radius 3 is 2.50 bits per heavy atom. The maximum absolute atomic E-state index is 12.1. The lowest BCUT2D eigenvalue weighted by Gasteiger charge is -2.19. The maximum Gasteiger partial charge on any atom is 0.220 e. The molecule has 0 bridgehead atoms. The van der Waals surface area contributed by atoms with Crippen molar-refractivity contribution in [2.75, 3.05) is 19.8 Å². The van der Waals surface area contributed by atoms with Crippen LogP contribution in [0, 0.1) is 6.92 Å². The quantitative estimate of drug-likeness (QED) is 0.744. The molecular formula is C20H25NO3. The van der Waals surface area contributed by atoms with Crippen LogP contribution in [0.4, 0.5) is 0 Å². The van der Waals surface area contributed by atoms with Gasteiger partial charge in [-0.05, 0) is 24.5 Å². The molecule has 0 saturated heterocycles. The third-order valence-corrected chi connectivity index (χ3v) is 3.83. The van der Waals surface area contributed by atoms with Gasteiger partial charge in [0.05, 0.1) is 19.3 Å². The van der Waals surface area contributed by atoms with Gasteiger partial charge >= 0.3 is 0 Å². The zero-order chi connectivity index (χ0) is 17.2. The number of hydrogen-bond acceptors (Lipinski definition) is 3. The summed E-state index contributed by atoms with van der Waals surface area (Å²) in [6.07, 6.45) is 0.919. The Bertz CT molecular complexity index is 611. The van der Waals surface area contributed by atoms with E-state index in [1.165, 1.54) is 5.56 Å². The smallest absolute Gasteiger partial charge is 0.220 e. The van der Waals surface area contributed by atoms with Gasteiger partial charge < -0.3 is 15.2 Å². The number of aryl methyl sites for hydroxylation is 2. The molecule has 0 aromatic heterocycles. The van der Waals surface area contributed by atoms with E-state index in [2.05, 4.69) is 5.32 Å². The Hall–Kier alpha value is -2.17. The summed E-state index contributed by atoms with van der Waals surface area (Å²) in [5.74, 6) is 0.00330. The van der Waals surface area contributed by atoms with Crippen molar-refractivity contribution in [3.8, 4) is 0 Å². The third-order valence-electron chi connectivity index (χ3n) is 3.83. The number of carbonyl (C=O) groups excluding carboxylic acids is 1. The Morgan fingerprint density at radius 1 is 1.12 bits per heavy atom. The molecule has 1 amide bonds. The molecule has 24 heavy (non-hydrogen) atoms. The van der Waals surface area contributed by atoms with Gasteiger partial charge in [0.2, 0.25) is 5.91 Å². The highest BCUT2D eigenvalue weighted by atomic mass is 16.5. The molecule has 128 valence electrons. The molecule has 2 rings (SSSR count). The van der Waals surface area contributed by atoms with E-state index < -0.39 is 0 Å². The Kier molecular flexibility index (Phi) is 7.46. The van der Waals surface area contributed by atoms with Crippen LogP contribution >= 0.6 is 0 Å². The second-order valence-corrected chi connectivity index (χ2v) is 5.78. The molecule has 2 aromatic rings. The molecule has 0 fully saturated rings. The summed E-state index contributed by atoms with van der Waals surface area (Å²) >= 11 is 0. The fourth-order valence-corrected chi connectivity index (χ4v) is 2.45. The van der Waals surface area contributed by atoms with Crippen LogP contribution < -0.4 is 5.32 Å². The summed E-state index contributed by atoms with van der Waals surface area (Å²) < 4.78 is 5.67. The first-order valence-corrected chi connectivity index (χ1v) is 8.28. The van der Waals surface area contributed by atoms with Gasteiger partial charge in [-0.2, -0.15) is 0 Å². The summed E-state index contributed by atoms with van der Waals surface area (Å²) in [6, 6.07) is 18.0. The Balaban J connectivity index is 1.85. The molecule has 1 unspecified atom stereocenters. The van der Waals surface area contributed by atoms with Gasteiger partial charge in [0, 0.05) is 13.0 Å². The second kappa shape index (κ2) is 9.85. The zero-order valence-corrected chi connectivity index (χ0v) is 14.1. The second-order valence-electron chi connectivity index (χ2n) is 5.78. The third kappa shape index (κ3) is 6.14. The van der Waals surface area contributed by atoms with Crippen molar-refractivity contribution in [3.05, 3.63) is 71.3 Å². The first-order chi connectivity index (χ1) is 11.7. The highest BCUT2D eigenvalue weighted by Gasteiger charge is 2.13. The molecule has 4 heteroatoms. The van der Waals surface area contributed by atoms with Gasteiger partial charge in [-0.25, -0.2) is 0 Å². The molecule has 0 spiro atoms. The zero-order valence-electron chi connectivity index (χ0n) is 14.1. The predicted molar refractivity (Wildman–Crippen MR) is 94.7 cm³/mol. The van der Waals surface area contributed by atoms with Gasteiger partial charge in [-0.15, -0.1) is 0 Å². The van der Waals surface area contributed by atoms with Crippen molar-refractivity contribution in [2.24, 2.45) is 0 Å². The van der Waals surface area contributed by atoms with E-state index in [-0.39, 0.29) is 25.2 Å². The summed E-state index contributed by atoms with van der Waals surface area (Å²) in [6.45, 7) is 2.64. The molecule has 0 saturated carbocycles. The van der Waals surface area contributed by atoms with Crippen LogP contribution in [0.5, 0.6) is 0 Å². The minimum Gasteiger partial charge on any atom is -0.394 e. The van der Waals surface area contributed by atoms with Gasteiger partial charge in [0.25, 0.3) is 0 Å². The standard InChI is InChI=1S/C20H25NO3/c1-16-7-10-18(11-8-16)19(24-14-13-22)15-21-20(23)12-9-17-5-3-2-4-6-17/h2-8,10-11,19,22H,9,12-15H2,1H3,(H,21,23). The average molecular weight is 327 g/mol. The minimum atomic E-state index is -0.251. The number of hydrogen-bond donors (Lipinski definition) is 2. The van der Waals surface area contributed by atoms with Crippen LogP contribution in [0.2, 0.25) is 0 Å². The number of nitrogens with one attached hydrogen (secondary N) is 1. The lowest BCUT2D eigenvalue weighted by molar-refractivity contribution is -0.121. The molecular weight excluding hydrogens is 302 g/mol. The van der Waals surface area contributed by atoms with E-state index in [0.29, 0.717) is 13.0 Å². The Labute approximate surface area is 143 Å². The summed E-state index contributed by atoms with van der Waals surface area (Å²) in [4.78, 5) is 12.1. The monoisotopic (exact) mass is 327 g/mol. The SMILES string of the molecule is Cc1ccc(C(CNC(=O)CCc2ccccc2)OCCO)cc1. The van der Waals surface area contributed by atoms with Crippen LogP contribution in [0.3, 0.4) is 0 Å². The average Bonchev–Trinajstić information content (AvgIpc) is 2.62. The highest BCUT2D eigenvalue weighted by molar-refractivity contribution is 5.76. The van der Waals surface area contributed by atoms with Crippen LogP contribution in [0.1, 0.15) is 29.2 Å². The number of aliphatic hydroxyl groups excluding tert-OH is 1. The van der Waals surface area contributed by atoms with Crippen LogP contribution in [-0.2, 0) is 16.0 Å². The number of carbonyl (C=O) groups is 1. The molecule has 0 aliphatic rings. The van der Waals surface area contributed by atoms with Crippen molar-refractivity contribution in [2.45, 2.75) is 25.9 Å². The first-order valence-electron chi connectivity index (χ1n) is 8.28. The van der Waals surface area contributed by atoms with Gasteiger partial charge in [-0.3, -0.25) is 4.79 Å². The van der Waals surface area contributed by atoms with E-state index in [1.54, 1.807) is 0 Å². The fourth-order valence-electron chi connectivity index (χ4n) is 2.45. The normalized spacial score (nSPS) is 11.9. The first kappa shape index (κ1) is 18.2. The lowest BCUT2D eigenvalue weighted by Crippen LogP contribution is -2.30. The molecule has 0 radical (unpaired) electrons. The van der Waals surface area contributed by atoms with Gasteiger partial charge in [-0.1, -0.05) is 60.2 Å². The van der Waals surface area contributed by atoms with Crippen LogP contribution in [0.25, 0.3) is 0 Å². The predicted octanol–water partition coefficient (Wildman–Crippen LogP) is 2.79. The molecule has 0 aliphatic carbocycles. The highest BCUT2D eigenvalue weighted by Crippen LogP contribution is 2.17. The van der Waals surface area contributed by atoms with E-state index in [9.17, 15) is 4.79 Å². The van der Waals surface area contributed by atoms with Crippen molar-refractivity contribution in [1.29, 1.82) is 0 Å². The fraction of sp³-hybridized carbons (Fsp3) is 0.350. The largest absolute Gasteiger partial charge is 0.394 e. The summed E-state index contributed by atoms with van der Waals surface area (Å²) in [5, 5.41) is 11.9. The van der Waals surface area contributed by atoms with E-state index in [1.807, 2.05) is 61.5 Å². The van der Waals surface area contributed by atoms with Crippen LogP contribution in [0.15, 0.2) is 54.6 Å². The lowest BCUT2D eigenvalue weighted by atomic mass is 10.1. The topological polar surface area (TPSA) is 58.6 Å². The van der Waals surface area contributed by atoms with E-state index in [0.717, 1.165) is 17.5 Å². The molecule has 2 N–H and O–H groups in total. The van der Waals surface area contributed by atoms with Crippen molar-refractivity contribution < 1.29 is 14.6 Å². The van der Waals surface area contributed by atoms with Gasteiger partial charge in [0.15, 0.2) is 0 Å². The number of amides is 1. The van der Waals surface area contributed by atoms with Crippen molar-refractivity contribution >= 4 is 5.91 Å². The molecule has 0 aliphatic heterocycles. The number of rotatable bonds is 9. The number of benzene rings is 2. The van der Waals surface area contributed by atoms with Crippen molar-refractivity contribution in [3.63, 3.8) is 0 Å².